The van der Waals surface area contributed by atoms with Crippen LogP contribution in [0.3, 0.4) is 0 Å². The maximum absolute atomic E-state index is 12.8. The van der Waals surface area contributed by atoms with Gasteiger partial charge in [0, 0.05) is 5.92 Å². The highest BCUT2D eigenvalue weighted by molar-refractivity contribution is 5.94. The van der Waals surface area contributed by atoms with Gasteiger partial charge in [-0.25, -0.2) is 0 Å². The smallest absolute Gasteiger partial charge is 0.172 e. The van der Waals surface area contributed by atoms with Gasteiger partial charge < -0.3 is 4.74 Å². The first kappa shape index (κ1) is 13.7. The van der Waals surface area contributed by atoms with Gasteiger partial charge in [-0.3, -0.25) is 4.79 Å². The number of epoxide rings is 1. The Balaban J connectivity index is 1.59. The minimum absolute atomic E-state index is 0.00771. The van der Waals surface area contributed by atoms with E-state index < -0.39 is 0 Å². The van der Waals surface area contributed by atoms with Crippen LogP contribution in [-0.4, -0.2) is 11.9 Å². The van der Waals surface area contributed by atoms with Crippen LogP contribution in [0.4, 0.5) is 0 Å². The Morgan fingerprint density at radius 1 is 0.955 bits per heavy atom. The molecule has 22 heavy (non-hydrogen) atoms. The molecule has 0 amide bonds. The molecule has 0 N–H and O–H groups in total. The predicted molar refractivity (Wildman–Crippen MR) is 85.9 cm³/mol. The lowest BCUT2D eigenvalue weighted by Crippen LogP contribution is -2.30. The molecule has 2 aromatic rings. The molecule has 2 nitrogen and oxygen atoms in total. The SMILES string of the molecule is Cc1ccc([C@H]2CC[C@]3(c4ccc(C)cc4)O[C@@H]3C2=O)cc1. The van der Waals surface area contributed by atoms with Crippen LogP contribution < -0.4 is 0 Å². The monoisotopic (exact) mass is 292 g/mol. The maximum Gasteiger partial charge on any atom is 0.172 e. The third kappa shape index (κ3) is 2.02. The van der Waals surface area contributed by atoms with Gasteiger partial charge in [0.25, 0.3) is 0 Å². The van der Waals surface area contributed by atoms with Crippen LogP contribution in [0, 0.1) is 13.8 Å². The molecule has 4 rings (SSSR count). The quantitative estimate of drug-likeness (QED) is 0.782. The fourth-order valence-corrected chi connectivity index (χ4v) is 3.67. The minimum Gasteiger partial charge on any atom is -0.353 e. The van der Waals surface area contributed by atoms with Gasteiger partial charge in [0.1, 0.15) is 5.60 Å². The second-order valence-corrected chi connectivity index (χ2v) is 6.66. The number of fused-ring (bicyclic) bond motifs is 1. The molecule has 2 aliphatic rings. The van der Waals surface area contributed by atoms with Crippen molar-refractivity contribution in [1.29, 1.82) is 0 Å². The van der Waals surface area contributed by atoms with Crippen LogP contribution in [0.5, 0.6) is 0 Å². The molecule has 2 heteroatoms. The molecule has 3 atom stereocenters. The normalized spacial score (nSPS) is 30.0. The summed E-state index contributed by atoms with van der Waals surface area (Å²) in [6, 6.07) is 16.7. The van der Waals surface area contributed by atoms with Gasteiger partial charge in [0.15, 0.2) is 11.9 Å². The molecule has 1 heterocycles. The van der Waals surface area contributed by atoms with Crippen molar-refractivity contribution in [3.8, 4) is 0 Å². The number of benzene rings is 2. The molecule has 1 saturated heterocycles. The average Bonchev–Trinajstić information content (AvgIpc) is 3.27. The van der Waals surface area contributed by atoms with E-state index >= 15 is 0 Å². The molecule has 0 radical (unpaired) electrons. The van der Waals surface area contributed by atoms with E-state index in [0.29, 0.717) is 0 Å². The Kier molecular flexibility index (Phi) is 2.98. The molecular formula is C20H20O2. The lowest BCUT2D eigenvalue weighted by atomic mass is 9.75. The predicted octanol–water partition coefficient (Wildman–Crippen LogP) is 4.04. The molecule has 2 aromatic carbocycles. The fourth-order valence-electron chi connectivity index (χ4n) is 3.67. The van der Waals surface area contributed by atoms with Gasteiger partial charge in [-0.2, -0.15) is 0 Å². The average molecular weight is 292 g/mol. The summed E-state index contributed by atoms with van der Waals surface area (Å²) in [7, 11) is 0. The van der Waals surface area contributed by atoms with Crippen molar-refractivity contribution in [1.82, 2.24) is 0 Å². The fraction of sp³-hybridized carbons (Fsp3) is 0.350. The van der Waals surface area contributed by atoms with Crippen molar-refractivity contribution in [2.45, 2.75) is 44.3 Å². The maximum atomic E-state index is 12.8. The molecule has 112 valence electrons. The van der Waals surface area contributed by atoms with Crippen LogP contribution in [0.1, 0.15) is 41.0 Å². The number of ketones is 1. The first-order valence-corrected chi connectivity index (χ1v) is 7.95. The van der Waals surface area contributed by atoms with Crippen molar-refractivity contribution in [2.75, 3.05) is 0 Å². The number of hydrogen-bond acceptors (Lipinski definition) is 2. The largest absolute Gasteiger partial charge is 0.353 e. The first-order valence-electron chi connectivity index (χ1n) is 7.95. The standard InChI is InChI=1S/C20H20O2/c1-13-3-7-15(8-4-13)17-11-12-20(19(22-20)18(17)21)16-9-5-14(2)6-10-16/h3-10,17,19H,11-12H2,1-2H3/t17-,19-,20-/m1/s1. The van der Waals surface area contributed by atoms with Crippen molar-refractivity contribution < 1.29 is 9.53 Å². The summed E-state index contributed by atoms with van der Waals surface area (Å²) in [5.74, 6) is 0.238. The number of ether oxygens (including phenoxy) is 1. The van der Waals surface area contributed by atoms with Gasteiger partial charge in [-0.05, 0) is 37.8 Å². The number of hydrogen-bond donors (Lipinski definition) is 0. The summed E-state index contributed by atoms with van der Waals surface area (Å²) in [4.78, 5) is 12.8. The highest BCUT2D eigenvalue weighted by atomic mass is 16.6. The van der Waals surface area contributed by atoms with Gasteiger partial charge in [0.2, 0.25) is 0 Å². The highest BCUT2D eigenvalue weighted by Crippen LogP contribution is 2.56. The van der Waals surface area contributed by atoms with E-state index in [-0.39, 0.29) is 23.4 Å². The molecule has 0 spiro atoms. The van der Waals surface area contributed by atoms with Gasteiger partial charge in [-0.15, -0.1) is 0 Å². The van der Waals surface area contributed by atoms with Gasteiger partial charge in [0.05, 0.1) is 0 Å². The van der Waals surface area contributed by atoms with Crippen LogP contribution >= 0.6 is 0 Å². The van der Waals surface area contributed by atoms with E-state index in [2.05, 4.69) is 62.4 Å². The minimum atomic E-state index is -0.341. The lowest BCUT2D eigenvalue weighted by Gasteiger charge is -2.24. The summed E-state index contributed by atoms with van der Waals surface area (Å²) < 4.78 is 5.93. The highest BCUT2D eigenvalue weighted by Gasteiger charge is 2.64. The molecule has 1 saturated carbocycles. The van der Waals surface area contributed by atoms with Crippen molar-refractivity contribution in [2.24, 2.45) is 0 Å². The van der Waals surface area contributed by atoms with E-state index in [0.717, 1.165) is 24.0 Å². The Hall–Kier alpha value is -1.93. The third-order valence-electron chi connectivity index (χ3n) is 5.12. The molecule has 0 bridgehead atoms. The summed E-state index contributed by atoms with van der Waals surface area (Å²) in [6.45, 7) is 4.14. The van der Waals surface area contributed by atoms with E-state index in [1.54, 1.807) is 0 Å². The number of aryl methyl sites for hydroxylation is 2. The number of carbonyl (C=O) groups is 1. The van der Waals surface area contributed by atoms with Crippen molar-refractivity contribution >= 4 is 5.78 Å². The topological polar surface area (TPSA) is 29.6 Å². The number of carbonyl (C=O) groups excluding carboxylic acids is 1. The molecular weight excluding hydrogens is 272 g/mol. The summed E-state index contributed by atoms with van der Waals surface area (Å²) in [5, 5.41) is 0. The van der Waals surface area contributed by atoms with E-state index in [9.17, 15) is 4.79 Å². The third-order valence-corrected chi connectivity index (χ3v) is 5.12. The van der Waals surface area contributed by atoms with E-state index in [4.69, 9.17) is 4.74 Å². The zero-order valence-electron chi connectivity index (χ0n) is 13.0. The van der Waals surface area contributed by atoms with Crippen LogP contribution in [-0.2, 0) is 15.1 Å². The first-order chi connectivity index (χ1) is 10.6. The molecule has 1 aliphatic carbocycles. The second kappa shape index (κ2) is 4.79. The van der Waals surface area contributed by atoms with Gasteiger partial charge >= 0.3 is 0 Å². The van der Waals surface area contributed by atoms with Crippen molar-refractivity contribution in [3.05, 3.63) is 70.8 Å². The van der Waals surface area contributed by atoms with E-state index in [1.807, 2.05) is 0 Å². The van der Waals surface area contributed by atoms with Gasteiger partial charge in [-0.1, -0.05) is 59.7 Å². The Bertz CT molecular complexity index is 714. The Morgan fingerprint density at radius 3 is 2.18 bits per heavy atom. The van der Waals surface area contributed by atoms with Crippen LogP contribution in [0.2, 0.25) is 0 Å². The van der Waals surface area contributed by atoms with Crippen LogP contribution in [0.15, 0.2) is 48.5 Å². The molecule has 2 fully saturated rings. The van der Waals surface area contributed by atoms with Crippen molar-refractivity contribution in [3.63, 3.8) is 0 Å². The Labute approximate surface area is 131 Å². The van der Waals surface area contributed by atoms with Crippen LogP contribution in [0.25, 0.3) is 0 Å². The van der Waals surface area contributed by atoms with E-state index in [1.165, 1.54) is 11.1 Å². The zero-order chi connectivity index (χ0) is 15.3. The molecule has 0 unspecified atom stereocenters. The summed E-state index contributed by atoms with van der Waals surface area (Å²) in [5.41, 5.74) is 4.40. The number of Topliss-reactive ketones (excluding diaryl/α,β-unsaturated/α-hetero) is 1. The molecule has 0 aromatic heterocycles. The Morgan fingerprint density at radius 2 is 1.55 bits per heavy atom. The second-order valence-electron chi connectivity index (χ2n) is 6.66. The number of rotatable bonds is 2. The summed E-state index contributed by atoms with van der Waals surface area (Å²) in [6.07, 6.45) is 1.53. The zero-order valence-corrected chi connectivity index (χ0v) is 13.0. The molecule has 1 aliphatic heterocycles. The summed E-state index contributed by atoms with van der Waals surface area (Å²) >= 11 is 0. The lowest BCUT2D eigenvalue weighted by molar-refractivity contribution is -0.122.